The predicted molar refractivity (Wildman–Crippen MR) is 84.9 cm³/mol. The second-order valence-corrected chi connectivity index (χ2v) is 6.95. The molecule has 5 nitrogen and oxygen atoms in total. The molecular weight excluding hydrogens is 278 g/mol. The van der Waals surface area contributed by atoms with Crippen LogP contribution in [-0.2, 0) is 17.6 Å². The Bertz CT molecular complexity index is 524. The van der Waals surface area contributed by atoms with E-state index in [-0.39, 0.29) is 12.0 Å². The van der Waals surface area contributed by atoms with E-state index >= 15 is 0 Å². The van der Waals surface area contributed by atoms with Gasteiger partial charge in [-0.25, -0.2) is 0 Å². The molecule has 3 rings (SSSR count). The first-order valence-electron chi connectivity index (χ1n) is 8.62. The Kier molecular flexibility index (Phi) is 4.81. The molecule has 0 saturated carbocycles. The lowest BCUT2D eigenvalue weighted by molar-refractivity contribution is -0.0262. The fraction of sp³-hybridized carbons (Fsp3) is 0.765. The molecule has 2 heterocycles. The Morgan fingerprint density at radius 3 is 3.14 bits per heavy atom. The Labute approximate surface area is 132 Å². The predicted octanol–water partition coefficient (Wildman–Crippen LogP) is 2.57. The van der Waals surface area contributed by atoms with Crippen molar-refractivity contribution in [3.8, 4) is 0 Å². The number of amides is 1. The van der Waals surface area contributed by atoms with E-state index in [1.54, 1.807) is 0 Å². The van der Waals surface area contributed by atoms with E-state index in [0.717, 1.165) is 42.9 Å². The van der Waals surface area contributed by atoms with Gasteiger partial charge in [0.05, 0.1) is 12.7 Å². The smallest absolute Gasteiger partial charge is 0.274 e. The minimum atomic E-state index is 0.0801. The number of carbonyl (C=O) groups excluding carboxylic acids is 1. The van der Waals surface area contributed by atoms with Gasteiger partial charge in [0.1, 0.15) is 0 Å². The van der Waals surface area contributed by atoms with Crippen LogP contribution in [0.25, 0.3) is 0 Å². The molecule has 1 atom stereocenters. The topological polar surface area (TPSA) is 58.2 Å². The number of nitrogens with one attached hydrogen (secondary N) is 1. The Balaban J connectivity index is 1.58. The first-order valence-corrected chi connectivity index (χ1v) is 8.62. The fourth-order valence-corrected chi connectivity index (χ4v) is 3.48. The molecule has 122 valence electrons. The van der Waals surface area contributed by atoms with Crippen LogP contribution in [0.1, 0.15) is 61.3 Å². The van der Waals surface area contributed by atoms with Crippen LogP contribution in [0.15, 0.2) is 0 Å². The van der Waals surface area contributed by atoms with Crippen LogP contribution >= 0.6 is 0 Å². The van der Waals surface area contributed by atoms with Gasteiger partial charge in [-0.1, -0.05) is 26.7 Å². The fourth-order valence-electron chi connectivity index (χ4n) is 3.48. The molecule has 1 aliphatic heterocycles. The van der Waals surface area contributed by atoms with Gasteiger partial charge >= 0.3 is 0 Å². The molecule has 1 aromatic heterocycles. The van der Waals surface area contributed by atoms with Crippen molar-refractivity contribution in [2.45, 2.75) is 58.5 Å². The number of aryl methyl sites for hydroxylation is 1. The third-order valence-corrected chi connectivity index (χ3v) is 4.74. The van der Waals surface area contributed by atoms with Crippen LogP contribution in [0.2, 0.25) is 0 Å². The molecule has 5 heteroatoms. The van der Waals surface area contributed by atoms with Crippen molar-refractivity contribution in [3.05, 3.63) is 17.0 Å². The summed E-state index contributed by atoms with van der Waals surface area (Å²) in [6.45, 7) is 6.52. The number of aromatic nitrogens is 2. The molecular formula is C17H27N3O2. The molecule has 1 fully saturated rings. The largest absolute Gasteiger partial charge is 0.375 e. The monoisotopic (exact) mass is 305 g/mol. The maximum Gasteiger partial charge on any atom is 0.274 e. The highest BCUT2D eigenvalue weighted by molar-refractivity contribution is 5.94. The van der Waals surface area contributed by atoms with Crippen molar-refractivity contribution in [2.75, 3.05) is 19.7 Å². The number of hydrogen-bond acceptors (Lipinski definition) is 3. The zero-order chi connectivity index (χ0) is 15.5. The average molecular weight is 305 g/mol. The zero-order valence-corrected chi connectivity index (χ0v) is 13.7. The second kappa shape index (κ2) is 6.82. The van der Waals surface area contributed by atoms with Gasteiger partial charge < -0.3 is 9.64 Å². The third kappa shape index (κ3) is 3.35. The van der Waals surface area contributed by atoms with Crippen LogP contribution in [0.3, 0.4) is 0 Å². The average Bonchev–Trinajstić information content (AvgIpc) is 3.09. The summed E-state index contributed by atoms with van der Waals surface area (Å²) < 4.78 is 5.83. The third-order valence-electron chi connectivity index (χ3n) is 4.74. The summed E-state index contributed by atoms with van der Waals surface area (Å²) in [4.78, 5) is 14.7. The lowest BCUT2D eigenvalue weighted by atomic mass is 10.0. The van der Waals surface area contributed by atoms with Gasteiger partial charge in [0.2, 0.25) is 0 Å². The highest BCUT2D eigenvalue weighted by Crippen LogP contribution is 2.24. The molecule has 1 aliphatic carbocycles. The molecule has 22 heavy (non-hydrogen) atoms. The summed E-state index contributed by atoms with van der Waals surface area (Å²) in [6, 6.07) is 0. The van der Waals surface area contributed by atoms with E-state index in [2.05, 4.69) is 24.0 Å². The number of nitrogens with zero attached hydrogens (tertiary/aromatic N) is 2. The van der Waals surface area contributed by atoms with Crippen molar-refractivity contribution in [2.24, 2.45) is 5.92 Å². The molecule has 2 aliphatic rings. The highest BCUT2D eigenvalue weighted by Gasteiger charge is 2.30. The minimum Gasteiger partial charge on any atom is -0.375 e. The van der Waals surface area contributed by atoms with Gasteiger partial charge in [-0.05, 0) is 31.6 Å². The number of rotatable bonds is 5. The van der Waals surface area contributed by atoms with E-state index in [1.807, 2.05) is 4.90 Å². The summed E-state index contributed by atoms with van der Waals surface area (Å²) in [7, 11) is 0. The zero-order valence-electron chi connectivity index (χ0n) is 13.7. The first-order chi connectivity index (χ1) is 10.6. The van der Waals surface area contributed by atoms with Crippen molar-refractivity contribution >= 4 is 5.91 Å². The van der Waals surface area contributed by atoms with E-state index < -0.39 is 0 Å². The lowest BCUT2D eigenvalue weighted by Gasteiger charge is -2.33. The van der Waals surface area contributed by atoms with Crippen LogP contribution in [0.5, 0.6) is 0 Å². The Morgan fingerprint density at radius 1 is 1.45 bits per heavy atom. The van der Waals surface area contributed by atoms with Gasteiger partial charge in [-0.15, -0.1) is 0 Å². The molecule has 1 saturated heterocycles. The van der Waals surface area contributed by atoms with Gasteiger partial charge in [-0.2, -0.15) is 5.10 Å². The number of fused-ring (bicyclic) bond motifs is 1. The minimum absolute atomic E-state index is 0.0801. The molecule has 1 amide bonds. The van der Waals surface area contributed by atoms with Crippen LogP contribution in [0.4, 0.5) is 0 Å². The van der Waals surface area contributed by atoms with E-state index in [0.29, 0.717) is 25.4 Å². The van der Waals surface area contributed by atoms with Crippen LogP contribution in [0, 0.1) is 5.92 Å². The molecule has 0 radical (unpaired) electrons. The van der Waals surface area contributed by atoms with Gasteiger partial charge in [0.25, 0.3) is 5.91 Å². The summed E-state index contributed by atoms with van der Waals surface area (Å²) >= 11 is 0. The summed E-state index contributed by atoms with van der Waals surface area (Å²) in [5.41, 5.74) is 2.95. The molecule has 1 N–H and O–H groups in total. The number of H-pyrrole nitrogens is 1. The molecule has 0 unspecified atom stereocenters. The first kappa shape index (κ1) is 15.5. The molecule has 1 aromatic rings. The maximum absolute atomic E-state index is 12.7. The van der Waals surface area contributed by atoms with Crippen molar-refractivity contribution in [3.63, 3.8) is 0 Å². The quantitative estimate of drug-likeness (QED) is 0.909. The number of hydrogen-bond donors (Lipinski definition) is 1. The molecule has 0 spiro atoms. The Hall–Kier alpha value is -1.36. The summed E-state index contributed by atoms with van der Waals surface area (Å²) in [6.07, 6.45) is 6.75. The van der Waals surface area contributed by atoms with E-state index in [4.69, 9.17) is 4.74 Å². The number of aromatic amines is 1. The maximum atomic E-state index is 12.7. The Morgan fingerprint density at radius 2 is 2.32 bits per heavy atom. The van der Waals surface area contributed by atoms with Crippen molar-refractivity contribution < 1.29 is 9.53 Å². The molecule has 0 bridgehead atoms. The van der Waals surface area contributed by atoms with Crippen LogP contribution in [-0.4, -0.2) is 46.8 Å². The lowest BCUT2D eigenvalue weighted by Crippen LogP contribution is -2.46. The van der Waals surface area contributed by atoms with E-state index in [1.165, 1.54) is 12.8 Å². The van der Waals surface area contributed by atoms with Crippen molar-refractivity contribution in [1.29, 1.82) is 0 Å². The van der Waals surface area contributed by atoms with Gasteiger partial charge in [-0.3, -0.25) is 9.89 Å². The normalized spacial score (nSPS) is 21.4. The number of ether oxygens (including phenoxy) is 1. The number of morpholine rings is 1. The standard InChI is InChI=1S/C17H27N3O2/c1-12(2)5-3-6-13-11-20(9-10-22-13)17(21)16-14-7-4-8-15(14)18-19-16/h12-13H,3-11H2,1-2H3,(H,18,19)/t13-/m1/s1. The summed E-state index contributed by atoms with van der Waals surface area (Å²) in [5.74, 6) is 0.810. The highest BCUT2D eigenvalue weighted by atomic mass is 16.5. The summed E-state index contributed by atoms with van der Waals surface area (Å²) in [5, 5.41) is 7.30. The van der Waals surface area contributed by atoms with Crippen LogP contribution < -0.4 is 0 Å². The van der Waals surface area contributed by atoms with Gasteiger partial charge in [0, 0.05) is 24.3 Å². The van der Waals surface area contributed by atoms with Crippen molar-refractivity contribution in [1.82, 2.24) is 15.1 Å². The second-order valence-electron chi connectivity index (χ2n) is 6.95. The van der Waals surface area contributed by atoms with E-state index in [9.17, 15) is 4.79 Å². The van der Waals surface area contributed by atoms with Gasteiger partial charge in [0.15, 0.2) is 5.69 Å². The molecule has 0 aromatic carbocycles. The SMILES string of the molecule is CC(C)CCC[C@@H]1CN(C(=O)c2n[nH]c3c2CCC3)CCO1. The number of carbonyl (C=O) groups is 1.